The monoisotopic (exact) mass is 248 g/mol. The molecule has 0 unspecified atom stereocenters. The fraction of sp³-hybridized carbons (Fsp3) is 0.500. The molecule has 1 aliphatic carbocycles. The van der Waals surface area contributed by atoms with Gasteiger partial charge in [0, 0.05) is 6.54 Å². The van der Waals surface area contributed by atoms with Crippen molar-refractivity contribution >= 4 is 11.6 Å². The van der Waals surface area contributed by atoms with Gasteiger partial charge in [-0.3, -0.25) is 4.79 Å². The Balaban J connectivity index is 1.88. The molecule has 0 spiro atoms. The third kappa shape index (κ3) is 3.15. The van der Waals surface area contributed by atoms with Gasteiger partial charge >= 0.3 is 0 Å². The lowest BCUT2D eigenvalue weighted by molar-refractivity contribution is 0.0950. The number of carbonyl (C=O) groups is 1. The fourth-order valence-electron chi connectivity index (χ4n) is 2.06. The number of nitrogens with one attached hydrogen (secondary N) is 1. The quantitative estimate of drug-likeness (QED) is 0.599. The van der Waals surface area contributed by atoms with Gasteiger partial charge in [0.1, 0.15) is 0 Å². The maximum atomic E-state index is 12.0. The second kappa shape index (κ2) is 5.76. The molecule has 0 aliphatic heterocycles. The highest BCUT2D eigenvalue weighted by atomic mass is 16.5. The maximum absolute atomic E-state index is 12.0. The topological polar surface area (TPSA) is 64.3 Å². The normalized spacial score (nSPS) is 14.3. The first-order chi connectivity index (χ1) is 8.72. The zero-order chi connectivity index (χ0) is 13.0. The number of amides is 1. The molecule has 4 nitrogen and oxygen atoms in total. The van der Waals surface area contributed by atoms with Crippen molar-refractivity contribution in [3.63, 3.8) is 0 Å². The standard InChI is InChI=1S/C14H20N2O2/c1-18-13-11(5-2-6-12(13)15)14(17)16-9-3-4-10-7-8-10/h2,5-6,10H,3-4,7-9,15H2,1H3,(H,16,17). The summed E-state index contributed by atoms with van der Waals surface area (Å²) in [5.41, 5.74) is 6.76. The average molecular weight is 248 g/mol. The molecule has 0 bridgehead atoms. The number of methoxy groups -OCH3 is 1. The summed E-state index contributed by atoms with van der Waals surface area (Å²) in [5, 5.41) is 2.91. The lowest BCUT2D eigenvalue weighted by Gasteiger charge is -2.11. The summed E-state index contributed by atoms with van der Waals surface area (Å²) in [5.74, 6) is 1.25. The van der Waals surface area contributed by atoms with Crippen molar-refractivity contribution in [1.29, 1.82) is 0 Å². The Bertz CT molecular complexity index is 428. The predicted molar refractivity (Wildman–Crippen MR) is 71.7 cm³/mol. The van der Waals surface area contributed by atoms with Gasteiger partial charge in [-0.1, -0.05) is 18.9 Å². The molecule has 1 aromatic rings. The largest absolute Gasteiger partial charge is 0.494 e. The van der Waals surface area contributed by atoms with Gasteiger partial charge in [-0.25, -0.2) is 0 Å². The molecule has 2 rings (SSSR count). The first-order valence-electron chi connectivity index (χ1n) is 6.43. The van der Waals surface area contributed by atoms with Crippen LogP contribution in [0.1, 0.15) is 36.0 Å². The summed E-state index contributed by atoms with van der Waals surface area (Å²) in [6.07, 6.45) is 4.98. The molecule has 1 amide bonds. The minimum Gasteiger partial charge on any atom is -0.494 e. The zero-order valence-electron chi connectivity index (χ0n) is 10.7. The Hall–Kier alpha value is -1.71. The van der Waals surface area contributed by atoms with Crippen molar-refractivity contribution in [3.05, 3.63) is 23.8 Å². The minimum absolute atomic E-state index is 0.116. The molecule has 18 heavy (non-hydrogen) atoms. The number of nitrogens with two attached hydrogens (primary N) is 1. The molecule has 0 radical (unpaired) electrons. The van der Waals surface area contributed by atoms with Crippen molar-refractivity contribution in [3.8, 4) is 5.75 Å². The summed E-state index contributed by atoms with van der Waals surface area (Å²) in [7, 11) is 1.52. The second-order valence-electron chi connectivity index (χ2n) is 4.77. The first kappa shape index (κ1) is 12.7. The van der Waals surface area contributed by atoms with Crippen molar-refractivity contribution in [2.45, 2.75) is 25.7 Å². The maximum Gasteiger partial charge on any atom is 0.255 e. The van der Waals surface area contributed by atoms with Gasteiger partial charge in [0.15, 0.2) is 5.75 Å². The molecule has 98 valence electrons. The molecule has 1 aromatic carbocycles. The van der Waals surface area contributed by atoms with E-state index in [1.54, 1.807) is 18.2 Å². The number of benzene rings is 1. The van der Waals surface area contributed by atoms with Crippen LogP contribution in [0.5, 0.6) is 5.75 Å². The van der Waals surface area contributed by atoms with E-state index in [9.17, 15) is 4.79 Å². The van der Waals surface area contributed by atoms with E-state index in [1.165, 1.54) is 26.4 Å². The summed E-state index contributed by atoms with van der Waals surface area (Å²) in [4.78, 5) is 12.0. The number of para-hydroxylation sites is 1. The fourth-order valence-corrected chi connectivity index (χ4v) is 2.06. The Morgan fingerprint density at radius 1 is 1.50 bits per heavy atom. The molecule has 4 heteroatoms. The number of anilines is 1. The van der Waals surface area contributed by atoms with Crippen molar-refractivity contribution < 1.29 is 9.53 Å². The number of ether oxygens (including phenoxy) is 1. The smallest absolute Gasteiger partial charge is 0.255 e. The highest BCUT2D eigenvalue weighted by Gasteiger charge is 2.20. The van der Waals surface area contributed by atoms with Gasteiger partial charge in [0.25, 0.3) is 5.91 Å². The third-order valence-corrected chi connectivity index (χ3v) is 3.27. The second-order valence-corrected chi connectivity index (χ2v) is 4.77. The summed E-state index contributed by atoms with van der Waals surface area (Å²) < 4.78 is 5.17. The average Bonchev–Trinajstić information content (AvgIpc) is 3.18. The minimum atomic E-state index is -0.116. The van der Waals surface area contributed by atoms with E-state index in [2.05, 4.69) is 5.32 Å². The van der Waals surface area contributed by atoms with Crippen LogP contribution in [0.25, 0.3) is 0 Å². The van der Waals surface area contributed by atoms with Crippen molar-refractivity contribution in [2.75, 3.05) is 19.4 Å². The molecule has 1 fully saturated rings. The van der Waals surface area contributed by atoms with E-state index >= 15 is 0 Å². The highest BCUT2D eigenvalue weighted by Crippen LogP contribution is 2.33. The van der Waals surface area contributed by atoms with E-state index in [0.29, 0.717) is 23.5 Å². The molecular weight excluding hydrogens is 228 g/mol. The van der Waals surface area contributed by atoms with E-state index in [0.717, 1.165) is 12.3 Å². The Labute approximate surface area is 108 Å². The van der Waals surface area contributed by atoms with Crippen LogP contribution < -0.4 is 15.8 Å². The van der Waals surface area contributed by atoms with Crippen LogP contribution >= 0.6 is 0 Å². The predicted octanol–water partition coefficient (Wildman–Crippen LogP) is 2.20. The molecule has 0 atom stereocenters. The Kier molecular flexibility index (Phi) is 4.07. The lowest BCUT2D eigenvalue weighted by atomic mass is 10.1. The van der Waals surface area contributed by atoms with Crippen LogP contribution in [-0.4, -0.2) is 19.6 Å². The lowest BCUT2D eigenvalue weighted by Crippen LogP contribution is -2.25. The first-order valence-corrected chi connectivity index (χ1v) is 6.43. The van der Waals surface area contributed by atoms with E-state index in [4.69, 9.17) is 10.5 Å². The van der Waals surface area contributed by atoms with E-state index in [-0.39, 0.29) is 5.91 Å². The van der Waals surface area contributed by atoms with Gasteiger partial charge in [0.05, 0.1) is 18.4 Å². The summed E-state index contributed by atoms with van der Waals surface area (Å²) >= 11 is 0. The molecule has 1 aliphatic rings. The zero-order valence-corrected chi connectivity index (χ0v) is 10.7. The van der Waals surface area contributed by atoms with Crippen LogP contribution in [0, 0.1) is 5.92 Å². The Morgan fingerprint density at radius 2 is 2.28 bits per heavy atom. The number of hydrogen-bond donors (Lipinski definition) is 2. The number of nitrogen functional groups attached to an aromatic ring is 1. The molecule has 1 saturated carbocycles. The highest BCUT2D eigenvalue weighted by molar-refractivity contribution is 5.98. The SMILES string of the molecule is COc1c(N)cccc1C(=O)NCCCC1CC1. The summed E-state index contributed by atoms with van der Waals surface area (Å²) in [6, 6.07) is 5.21. The summed E-state index contributed by atoms with van der Waals surface area (Å²) in [6.45, 7) is 0.716. The van der Waals surface area contributed by atoms with Crippen LogP contribution in [0.2, 0.25) is 0 Å². The number of carbonyl (C=O) groups excluding carboxylic acids is 1. The molecular formula is C14H20N2O2. The van der Waals surface area contributed by atoms with Gasteiger partial charge in [0.2, 0.25) is 0 Å². The molecule has 0 saturated heterocycles. The van der Waals surface area contributed by atoms with E-state index < -0.39 is 0 Å². The van der Waals surface area contributed by atoms with Crippen LogP contribution in [0.4, 0.5) is 5.69 Å². The van der Waals surface area contributed by atoms with Crippen molar-refractivity contribution in [2.24, 2.45) is 5.92 Å². The van der Waals surface area contributed by atoms with Gasteiger partial charge in [-0.15, -0.1) is 0 Å². The van der Waals surface area contributed by atoms with Crippen LogP contribution in [0.15, 0.2) is 18.2 Å². The van der Waals surface area contributed by atoms with E-state index in [1.807, 2.05) is 0 Å². The number of hydrogen-bond acceptors (Lipinski definition) is 3. The molecule has 3 N–H and O–H groups in total. The van der Waals surface area contributed by atoms with Crippen LogP contribution in [0.3, 0.4) is 0 Å². The van der Waals surface area contributed by atoms with Crippen LogP contribution in [-0.2, 0) is 0 Å². The number of rotatable bonds is 6. The van der Waals surface area contributed by atoms with Crippen molar-refractivity contribution in [1.82, 2.24) is 5.32 Å². The molecule has 0 aromatic heterocycles. The van der Waals surface area contributed by atoms with Gasteiger partial charge in [-0.05, 0) is 30.9 Å². The van der Waals surface area contributed by atoms with Gasteiger partial charge < -0.3 is 15.8 Å². The molecule has 0 heterocycles. The third-order valence-electron chi connectivity index (χ3n) is 3.27. The van der Waals surface area contributed by atoms with Gasteiger partial charge in [-0.2, -0.15) is 0 Å². The Morgan fingerprint density at radius 3 is 2.94 bits per heavy atom.